The molecule has 0 bridgehead atoms. The van der Waals surface area contributed by atoms with Crippen LogP contribution in [0.4, 0.5) is 5.95 Å². The van der Waals surface area contributed by atoms with Crippen LogP contribution in [0, 0.1) is 5.92 Å². The van der Waals surface area contributed by atoms with Gasteiger partial charge in [-0.25, -0.2) is 5.10 Å². The molecule has 2 heterocycles. The van der Waals surface area contributed by atoms with E-state index in [-0.39, 0.29) is 36.1 Å². The number of H-pyrrole nitrogens is 1. The van der Waals surface area contributed by atoms with Gasteiger partial charge >= 0.3 is 6.01 Å². The van der Waals surface area contributed by atoms with Crippen LogP contribution in [0.25, 0.3) is 0 Å². The van der Waals surface area contributed by atoms with E-state index in [9.17, 15) is 9.59 Å². The number of likely N-dealkylation sites (tertiary alicyclic amines) is 1. The molecule has 2 rings (SSSR count). The van der Waals surface area contributed by atoms with Gasteiger partial charge in [-0.1, -0.05) is 0 Å². The number of carbonyl (C=O) groups excluding carboxylic acids is 2. The summed E-state index contributed by atoms with van der Waals surface area (Å²) >= 11 is 0. The van der Waals surface area contributed by atoms with E-state index in [2.05, 4.69) is 20.5 Å². The molecule has 0 aliphatic carbocycles. The second kappa shape index (κ2) is 5.03. The Balaban J connectivity index is 1.92. The first-order valence-electron chi connectivity index (χ1n) is 5.70. The third kappa shape index (κ3) is 2.58. The largest absolute Gasteiger partial charge is 0.463 e. The Morgan fingerprint density at radius 1 is 1.67 bits per heavy atom. The molecule has 0 saturated carbocycles. The van der Waals surface area contributed by atoms with E-state index in [0.717, 1.165) is 0 Å². The maximum absolute atomic E-state index is 11.9. The summed E-state index contributed by atoms with van der Waals surface area (Å²) in [7, 11) is 1.68. The summed E-state index contributed by atoms with van der Waals surface area (Å²) in [6, 6.07) is 0.187. The van der Waals surface area contributed by atoms with Crippen molar-refractivity contribution in [3.63, 3.8) is 0 Å². The zero-order valence-electron chi connectivity index (χ0n) is 10.3. The molecule has 1 saturated heterocycles. The molecule has 1 aromatic heterocycles. The Kier molecular flexibility index (Phi) is 3.45. The number of amides is 2. The number of ether oxygens (including phenoxy) is 1. The fourth-order valence-electron chi connectivity index (χ4n) is 1.75. The number of carbonyl (C=O) groups is 2. The molecule has 18 heavy (non-hydrogen) atoms. The molecule has 1 unspecified atom stereocenters. The van der Waals surface area contributed by atoms with Crippen molar-refractivity contribution >= 4 is 17.8 Å². The SMILES string of the molecule is CCOc1n[nH]c(NC(=O)C2CC(=O)N(C)C2)n1. The molecule has 1 aliphatic heterocycles. The summed E-state index contributed by atoms with van der Waals surface area (Å²) in [5.74, 6) is -0.386. The molecule has 1 aromatic rings. The van der Waals surface area contributed by atoms with Gasteiger partial charge in [0, 0.05) is 20.0 Å². The van der Waals surface area contributed by atoms with Crippen molar-refractivity contribution in [1.82, 2.24) is 20.1 Å². The number of hydrogen-bond acceptors (Lipinski definition) is 5. The molecular weight excluding hydrogens is 238 g/mol. The third-order valence-electron chi connectivity index (χ3n) is 2.69. The first-order chi connectivity index (χ1) is 8.60. The van der Waals surface area contributed by atoms with Crippen molar-refractivity contribution in [2.75, 3.05) is 25.5 Å². The highest BCUT2D eigenvalue weighted by Gasteiger charge is 2.32. The average Bonchev–Trinajstić information content (AvgIpc) is 2.88. The smallest absolute Gasteiger partial charge is 0.337 e. The van der Waals surface area contributed by atoms with E-state index in [1.54, 1.807) is 7.05 Å². The third-order valence-corrected chi connectivity index (χ3v) is 2.69. The van der Waals surface area contributed by atoms with Crippen molar-refractivity contribution in [1.29, 1.82) is 0 Å². The monoisotopic (exact) mass is 253 g/mol. The topological polar surface area (TPSA) is 100 Å². The van der Waals surface area contributed by atoms with Gasteiger partial charge in [-0.2, -0.15) is 4.98 Å². The van der Waals surface area contributed by atoms with Gasteiger partial charge in [-0.15, -0.1) is 5.10 Å². The van der Waals surface area contributed by atoms with Gasteiger partial charge in [0.1, 0.15) is 0 Å². The lowest BCUT2D eigenvalue weighted by Gasteiger charge is -2.08. The molecule has 0 spiro atoms. The van der Waals surface area contributed by atoms with Gasteiger partial charge in [0.15, 0.2) is 0 Å². The highest BCUT2D eigenvalue weighted by molar-refractivity contribution is 5.96. The normalized spacial score (nSPS) is 19.1. The Bertz CT molecular complexity index is 458. The van der Waals surface area contributed by atoms with Crippen LogP contribution in [0.15, 0.2) is 0 Å². The Morgan fingerprint density at radius 2 is 2.44 bits per heavy atom. The van der Waals surface area contributed by atoms with Crippen LogP contribution >= 0.6 is 0 Å². The number of hydrogen-bond donors (Lipinski definition) is 2. The second-order valence-corrected chi connectivity index (χ2v) is 4.06. The summed E-state index contributed by atoms with van der Waals surface area (Å²) in [5, 5.41) is 8.89. The zero-order valence-corrected chi connectivity index (χ0v) is 10.3. The highest BCUT2D eigenvalue weighted by atomic mass is 16.5. The molecule has 8 nitrogen and oxygen atoms in total. The van der Waals surface area contributed by atoms with Crippen LogP contribution in [0.3, 0.4) is 0 Å². The van der Waals surface area contributed by atoms with Crippen LogP contribution in [-0.4, -0.2) is 52.1 Å². The predicted octanol–water partition coefficient (Wildman–Crippen LogP) is -0.380. The van der Waals surface area contributed by atoms with Crippen molar-refractivity contribution in [3.05, 3.63) is 0 Å². The summed E-state index contributed by atoms with van der Waals surface area (Å²) in [6.45, 7) is 2.69. The van der Waals surface area contributed by atoms with Crippen molar-refractivity contribution in [3.8, 4) is 6.01 Å². The predicted molar refractivity (Wildman–Crippen MR) is 61.9 cm³/mol. The van der Waals surface area contributed by atoms with Gasteiger partial charge in [-0.3, -0.25) is 14.9 Å². The molecule has 2 amide bonds. The van der Waals surface area contributed by atoms with Crippen LogP contribution < -0.4 is 10.1 Å². The number of aromatic nitrogens is 3. The Hall–Kier alpha value is -2.12. The lowest BCUT2D eigenvalue weighted by molar-refractivity contribution is -0.127. The summed E-state index contributed by atoms with van der Waals surface area (Å²) in [6.07, 6.45) is 0.231. The van der Waals surface area contributed by atoms with Crippen molar-refractivity contribution in [2.24, 2.45) is 5.92 Å². The van der Waals surface area contributed by atoms with Crippen LogP contribution in [0.2, 0.25) is 0 Å². The van der Waals surface area contributed by atoms with E-state index in [1.807, 2.05) is 6.92 Å². The van der Waals surface area contributed by atoms with E-state index in [1.165, 1.54) is 4.90 Å². The lowest BCUT2D eigenvalue weighted by atomic mass is 10.1. The molecular formula is C10H15N5O3. The average molecular weight is 253 g/mol. The zero-order chi connectivity index (χ0) is 13.1. The number of anilines is 1. The van der Waals surface area contributed by atoms with Gasteiger partial charge in [-0.05, 0) is 6.92 Å². The first kappa shape index (κ1) is 12.3. The molecule has 0 aromatic carbocycles. The first-order valence-corrected chi connectivity index (χ1v) is 5.70. The van der Waals surface area contributed by atoms with Crippen LogP contribution in [0.5, 0.6) is 6.01 Å². The number of aromatic amines is 1. The van der Waals surface area contributed by atoms with E-state index in [4.69, 9.17) is 4.74 Å². The number of nitrogens with zero attached hydrogens (tertiary/aromatic N) is 3. The Labute approximate surface area is 104 Å². The quantitative estimate of drug-likeness (QED) is 0.761. The highest BCUT2D eigenvalue weighted by Crippen LogP contribution is 2.17. The maximum atomic E-state index is 11.9. The fraction of sp³-hybridized carbons (Fsp3) is 0.600. The van der Waals surface area contributed by atoms with Crippen molar-refractivity contribution in [2.45, 2.75) is 13.3 Å². The standard InChI is InChI=1S/C10H15N5O3/c1-3-18-10-12-9(13-14-10)11-8(17)6-4-7(16)15(2)5-6/h6H,3-5H2,1-2H3,(H2,11,12,13,14,17). The molecule has 1 aliphatic rings. The van der Waals surface area contributed by atoms with E-state index in [0.29, 0.717) is 13.2 Å². The van der Waals surface area contributed by atoms with Gasteiger partial charge < -0.3 is 9.64 Å². The maximum Gasteiger partial charge on any atom is 0.337 e. The van der Waals surface area contributed by atoms with Gasteiger partial charge in [0.2, 0.25) is 17.8 Å². The molecule has 8 heteroatoms. The van der Waals surface area contributed by atoms with Gasteiger partial charge in [0.25, 0.3) is 0 Å². The molecule has 1 fully saturated rings. The molecule has 2 N–H and O–H groups in total. The van der Waals surface area contributed by atoms with Crippen LogP contribution in [-0.2, 0) is 9.59 Å². The fourth-order valence-corrected chi connectivity index (χ4v) is 1.75. The van der Waals surface area contributed by atoms with Crippen molar-refractivity contribution < 1.29 is 14.3 Å². The Morgan fingerprint density at radius 3 is 3.06 bits per heavy atom. The minimum atomic E-state index is -0.344. The minimum Gasteiger partial charge on any atom is -0.463 e. The van der Waals surface area contributed by atoms with E-state index < -0.39 is 0 Å². The minimum absolute atomic E-state index is 0.0253. The van der Waals surface area contributed by atoms with Gasteiger partial charge in [0.05, 0.1) is 12.5 Å². The number of rotatable bonds is 4. The lowest BCUT2D eigenvalue weighted by Crippen LogP contribution is -2.26. The molecule has 98 valence electrons. The second-order valence-electron chi connectivity index (χ2n) is 4.06. The number of nitrogens with one attached hydrogen (secondary N) is 2. The summed E-state index contributed by atoms with van der Waals surface area (Å²) < 4.78 is 5.06. The van der Waals surface area contributed by atoms with E-state index >= 15 is 0 Å². The van der Waals surface area contributed by atoms with Crippen LogP contribution in [0.1, 0.15) is 13.3 Å². The summed E-state index contributed by atoms with van der Waals surface area (Å²) in [5.41, 5.74) is 0. The summed E-state index contributed by atoms with van der Waals surface area (Å²) in [4.78, 5) is 28.6. The molecule has 1 atom stereocenters. The molecule has 0 radical (unpaired) electrons.